The number of carbonyl (C=O) groups excluding carboxylic acids is 1. The van der Waals surface area contributed by atoms with E-state index in [1.54, 1.807) is 12.1 Å². The molecule has 28 heavy (non-hydrogen) atoms. The van der Waals surface area contributed by atoms with E-state index in [0.29, 0.717) is 11.7 Å². The van der Waals surface area contributed by atoms with Gasteiger partial charge >= 0.3 is 105 Å². The summed E-state index contributed by atoms with van der Waals surface area (Å²) in [5.41, 5.74) is 1.47. The number of phenolic OH excluding ortho intramolecular Hbond substituents is 1. The molecule has 0 heterocycles. The van der Waals surface area contributed by atoms with E-state index in [1.165, 1.54) is 5.56 Å². The summed E-state index contributed by atoms with van der Waals surface area (Å²) in [6.45, 7) is 12.8. The summed E-state index contributed by atoms with van der Waals surface area (Å²) in [5.74, 6) is 0.916. The van der Waals surface area contributed by atoms with Gasteiger partial charge in [0.1, 0.15) is 5.75 Å². The van der Waals surface area contributed by atoms with Crippen molar-refractivity contribution in [3.63, 3.8) is 0 Å². The molecule has 1 atom stereocenters. The van der Waals surface area contributed by atoms with Gasteiger partial charge in [-0.2, -0.15) is 0 Å². The maximum Gasteiger partial charge on any atom is 0.115 e. The van der Waals surface area contributed by atoms with Crippen molar-refractivity contribution < 1.29 is 44.2 Å². The third-order valence-electron chi connectivity index (χ3n) is 5.35. The zero-order valence-electron chi connectivity index (χ0n) is 18.5. The molecule has 0 aliphatic heterocycles. The second-order valence-corrected chi connectivity index (χ2v) is 11.4. The van der Waals surface area contributed by atoms with Crippen LogP contribution in [0.4, 0.5) is 0 Å². The first kappa shape index (κ1) is 25.4. The molecule has 1 aliphatic carbocycles. The number of aromatic hydroxyl groups is 1. The number of aliphatic hydroxyl groups is 1. The molecule has 4 nitrogen and oxygen atoms in total. The Morgan fingerprint density at radius 2 is 1.57 bits per heavy atom. The first-order valence-corrected chi connectivity index (χ1v) is 12.5. The molecule has 2 rings (SSSR count). The molecule has 155 valence electrons. The number of carbonyl (C=O) groups is 1. The minimum atomic E-state index is -0.0941. The Hall–Kier alpha value is -0.615. The normalized spacial score (nSPS) is 21.3. The van der Waals surface area contributed by atoms with Gasteiger partial charge in [0.05, 0.1) is 6.10 Å². The fourth-order valence-corrected chi connectivity index (χ4v) is 4.39. The van der Waals surface area contributed by atoms with Crippen LogP contribution in [0.25, 0.3) is 0 Å². The van der Waals surface area contributed by atoms with Crippen molar-refractivity contribution in [1.82, 2.24) is 0 Å². The topological polar surface area (TPSA) is 66.8 Å². The fraction of sp³-hybridized carbons (Fsp3) is 0.696. The van der Waals surface area contributed by atoms with Crippen molar-refractivity contribution in [1.29, 1.82) is 0 Å². The summed E-state index contributed by atoms with van der Waals surface area (Å²) in [6, 6.07) is 7.44. The fourth-order valence-electron chi connectivity index (χ4n) is 3.61. The SMILES string of the molecule is CC(C)(C)CC(C(=O)[O][Hg])C(C)(C)C.Oc1ccc(C2CCC(O)CC2)cc1. The van der Waals surface area contributed by atoms with Crippen LogP contribution in [0.15, 0.2) is 24.3 Å². The van der Waals surface area contributed by atoms with Gasteiger partial charge in [0.15, 0.2) is 0 Å². The second-order valence-electron chi connectivity index (χ2n) is 10.2. The first-order valence-electron chi connectivity index (χ1n) is 10.3. The Kier molecular flexibility index (Phi) is 9.95. The van der Waals surface area contributed by atoms with Gasteiger partial charge in [-0.15, -0.1) is 0 Å². The number of aliphatic hydroxyl groups excluding tert-OH is 1. The van der Waals surface area contributed by atoms with E-state index >= 15 is 0 Å². The number of hydrogen-bond acceptors (Lipinski definition) is 4. The summed E-state index contributed by atoms with van der Waals surface area (Å²) in [5, 5.41) is 18.5. The Balaban J connectivity index is 0.000000280. The van der Waals surface area contributed by atoms with E-state index in [0.717, 1.165) is 32.1 Å². The van der Waals surface area contributed by atoms with Crippen LogP contribution >= 0.6 is 0 Å². The Labute approximate surface area is 187 Å². The average molecular weight is 578 g/mol. The van der Waals surface area contributed by atoms with Gasteiger partial charge in [-0.25, -0.2) is 0 Å². The van der Waals surface area contributed by atoms with Crippen molar-refractivity contribution in [3.05, 3.63) is 29.8 Å². The Morgan fingerprint density at radius 1 is 1.07 bits per heavy atom. The van der Waals surface area contributed by atoms with Crippen molar-refractivity contribution >= 4 is 5.97 Å². The molecule has 0 aromatic heterocycles. The van der Waals surface area contributed by atoms with E-state index < -0.39 is 0 Å². The van der Waals surface area contributed by atoms with Gasteiger partial charge in [-0.05, 0) is 49.3 Å². The van der Waals surface area contributed by atoms with Gasteiger partial charge < -0.3 is 10.2 Å². The molecule has 2 N–H and O–H groups in total. The van der Waals surface area contributed by atoms with Crippen LogP contribution in [-0.2, 0) is 34.0 Å². The van der Waals surface area contributed by atoms with Crippen molar-refractivity contribution in [2.75, 3.05) is 0 Å². The minimum absolute atomic E-state index is 0.00370. The molecule has 0 saturated heterocycles. The summed E-state index contributed by atoms with van der Waals surface area (Å²) >= 11 is 0.110. The second kappa shape index (κ2) is 11.0. The Morgan fingerprint density at radius 3 is 1.96 bits per heavy atom. The predicted molar refractivity (Wildman–Crippen MR) is 108 cm³/mol. The summed E-state index contributed by atoms with van der Waals surface area (Å²) in [7, 11) is 0. The molecule has 0 bridgehead atoms. The standard InChI is InChI=1S/C12H16O2.C11H22O2.Hg/c13-11-5-1-9(2-6-11)10-3-7-12(14)8-4-10;1-10(2,3)7-8(9(12)13)11(4,5)6;/h1-2,5-6,10,12-14H,3-4,7-8H2;8H,7H2,1-6H3,(H,12,13);/q;;+1/p-1. The average Bonchev–Trinajstić information content (AvgIpc) is 2.59. The molecular formula is C23H37HgO4. The smallest absolute Gasteiger partial charge is 0.115 e. The van der Waals surface area contributed by atoms with Crippen LogP contribution in [0.3, 0.4) is 0 Å². The number of benzene rings is 1. The molecule has 0 spiro atoms. The maximum absolute atomic E-state index is 11.7. The molecular weight excluding hydrogens is 541 g/mol. The predicted octanol–water partition coefficient (Wildman–Crippen LogP) is 5.50. The molecule has 1 aromatic carbocycles. The van der Waals surface area contributed by atoms with Gasteiger partial charge in [-0.1, -0.05) is 12.1 Å². The first-order chi connectivity index (χ1) is 12.8. The van der Waals surface area contributed by atoms with E-state index in [1.807, 2.05) is 12.1 Å². The van der Waals surface area contributed by atoms with Gasteiger partial charge in [0.2, 0.25) is 0 Å². The maximum atomic E-state index is 11.7. The van der Waals surface area contributed by atoms with Crippen molar-refractivity contribution in [2.45, 2.75) is 85.7 Å². The summed E-state index contributed by atoms with van der Waals surface area (Å²) in [6.07, 6.45) is 4.74. The van der Waals surface area contributed by atoms with E-state index in [2.05, 4.69) is 41.5 Å². The zero-order chi connectivity index (χ0) is 21.5. The molecule has 0 radical (unpaired) electrons. The van der Waals surface area contributed by atoms with Crippen LogP contribution in [0, 0.1) is 16.7 Å². The molecule has 1 aromatic rings. The van der Waals surface area contributed by atoms with Gasteiger partial charge in [0, 0.05) is 0 Å². The largest absolute Gasteiger partial charge is 0.508 e. The van der Waals surface area contributed by atoms with Gasteiger partial charge in [-0.3, -0.25) is 0 Å². The molecule has 1 fully saturated rings. The van der Waals surface area contributed by atoms with E-state index in [-0.39, 0.29) is 55.4 Å². The molecule has 1 unspecified atom stereocenters. The minimum Gasteiger partial charge on any atom is -0.508 e. The van der Waals surface area contributed by atoms with Crippen molar-refractivity contribution in [3.8, 4) is 5.75 Å². The quantitative estimate of drug-likeness (QED) is 0.466. The molecule has 1 saturated carbocycles. The third-order valence-corrected chi connectivity index (χ3v) is 6.46. The third kappa shape index (κ3) is 9.26. The van der Waals surface area contributed by atoms with Gasteiger partial charge in [0.25, 0.3) is 0 Å². The molecule has 0 amide bonds. The monoisotopic (exact) mass is 579 g/mol. The molecule has 5 heteroatoms. The number of hydrogen-bond donors (Lipinski definition) is 2. The number of rotatable bonds is 3. The number of phenols is 1. The van der Waals surface area contributed by atoms with Crippen LogP contribution in [-0.4, -0.2) is 22.3 Å². The Bertz CT molecular complexity index is 591. The van der Waals surface area contributed by atoms with Crippen LogP contribution < -0.4 is 0 Å². The van der Waals surface area contributed by atoms with Crippen LogP contribution in [0.5, 0.6) is 5.75 Å². The van der Waals surface area contributed by atoms with Crippen LogP contribution in [0.2, 0.25) is 0 Å². The van der Waals surface area contributed by atoms with Crippen LogP contribution in [0.1, 0.15) is 85.1 Å². The molecule has 1 aliphatic rings. The van der Waals surface area contributed by atoms with Crippen molar-refractivity contribution in [2.24, 2.45) is 16.7 Å². The van der Waals surface area contributed by atoms with E-state index in [4.69, 9.17) is 7.75 Å². The van der Waals surface area contributed by atoms with E-state index in [9.17, 15) is 9.90 Å². The summed E-state index contributed by atoms with van der Waals surface area (Å²) in [4.78, 5) is 11.7. The zero-order valence-corrected chi connectivity index (χ0v) is 24.0. The summed E-state index contributed by atoms with van der Waals surface area (Å²) < 4.78 is 5.04.